The molecule has 0 aromatic carbocycles. The smallest absolute Gasteiger partial charge is 0.247 e. The van der Waals surface area contributed by atoms with Crippen LogP contribution >= 0.6 is 11.8 Å². The summed E-state index contributed by atoms with van der Waals surface area (Å²) in [7, 11) is -3.56. The second-order valence-electron chi connectivity index (χ2n) is 4.27. The minimum Gasteiger partial charge on any atom is -0.379 e. The molecule has 0 spiro atoms. The Labute approximate surface area is 121 Å². The van der Waals surface area contributed by atoms with Crippen molar-refractivity contribution in [2.24, 2.45) is 0 Å². The van der Waals surface area contributed by atoms with E-state index in [0.717, 1.165) is 0 Å². The third-order valence-corrected chi connectivity index (χ3v) is 5.70. The number of hydrogen-bond acceptors (Lipinski definition) is 6. The van der Waals surface area contributed by atoms with Crippen molar-refractivity contribution in [1.82, 2.24) is 18.9 Å². The molecule has 108 valence electrons. The SMILES string of the molecule is CSc1nnc2c(S(=O)(=O)N3CCOCC3)cccn12. The van der Waals surface area contributed by atoms with Gasteiger partial charge in [-0.1, -0.05) is 11.8 Å². The highest BCUT2D eigenvalue weighted by Crippen LogP contribution is 2.23. The summed E-state index contributed by atoms with van der Waals surface area (Å²) in [4.78, 5) is 0.190. The minimum atomic E-state index is -3.56. The first-order chi connectivity index (χ1) is 9.64. The highest BCUT2D eigenvalue weighted by Gasteiger charge is 2.29. The van der Waals surface area contributed by atoms with Gasteiger partial charge in [0.2, 0.25) is 10.0 Å². The van der Waals surface area contributed by atoms with Crippen LogP contribution in [0.25, 0.3) is 5.65 Å². The molecule has 0 amide bonds. The lowest BCUT2D eigenvalue weighted by atomic mass is 10.5. The molecule has 7 nitrogen and oxygen atoms in total. The zero-order chi connectivity index (χ0) is 14.2. The summed E-state index contributed by atoms with van der Waals surface area (Å²) in [5, 5.41) is 8.67. The summed E-state index contributed by atoms with van der Waals surface area (Å²) in [5.41, 5.74) is 0.364. The molecule has 3 heterocycles. The maximum Gasteiger partial charge on any atom is 0.247 e. The number of pyridine rings is 1. The normalized spacial score (nSPS) is 17.6. The third-order valence-electron chi connectivity index (χ3n) is 3.14. The van der Waals surface area contributed by atoms with E-state index in [1.54, 1.807) is 22.7 Å². The lowest BCUT2D eigenvalue weighted by molar-refractivity contribution is 0.0730. The molecule has 3 rings (SSSR count). The molecule has 0 bridgehead atoms. The van der Waals surface area contributed by atoms with E-state index in [-0.39, 0.29) is 4.90 Å². The number of sulfonamides is 1. The van der Waals surface area contributed by atoms with E-state index in [4.69, 9.17) is 4.74 Å². The van der Waals surface area contributed by atoms with Crippen molar-refractivity contribution in [3.8, 4) is 0 Å². The summed E-state index contributed by atoms with van der Waals surface area (Å²) in [6.45, 7) is 1.58. The van der Waals surface area contributed by atoms with Crippen molar-refractivity contribution < 1.29 is 13.2 Å². The topological polar surface area (TPSA) is 76.8 Å². The summed E-state index contributed by atoms with van der Waals surface area (Å²) in [6.07, 6.45) is 3.64. The van der Waals surface area contributed by atoms with Crippen LogP contribution in [0.15, 0.2) is 28.4 Å². The average molecular weight is 314 g/mol. The Morgan fingerprint density at radius 1 is 1.30 bits per heavy atom. The standard InChI is InChI=1S/C11H14N4O3S2/c1-19-11-13-12-10-9(3-2-4-15(10)11)20(16,17)14-5-7-18-8-6-14/h2-4H,5-8H2,1H3. The number of rotatable bonds is 3. The lowest BCUT2D eigenvalue weighted by Gasteiger charge is -2.26. The fraction of sp³-hybridized carbons (Fsp3) is 0.455. The maximum absolute atomic E-state index is 12.7. The highest BCUT2D eigenvalue weighted by molar-refractivity contribution is 7.98. The van der Waals surface area contributed by atoms with Crippen LogP contribution in [-0.4, -0.2) is 59.9 Å². The lowest BCUT2D eigenvalue weighted by Crippen LogP contribution is -2.40. The quantitative estimate of drug-likeness (QED) is 0.767. The summed E-state index contributed by atoms with van der Waals surface area (Å²) in [5.74, 6) is 0. The first kappa shape index (κ1) is 13.8. The van der Waals surface area contributed by atoms with Crippen LogP contribution in [0, 0.1) is 0 Å². The second-order valence-corrected chi connectivity index (χ2v) is 6.95. The van der Waals surface area contributed by atoms with E-state index in [1.165, 1.54) is 16.1 Å². The van der Waals surface area contributed by atoms with Gasteiger partial charge in [0.25, 0.3) is 0 Å². The van der Waals surface area contributed by atoms with E-state index in [9.17, 15) is 8.42 Å². The molecule has 0 unspecified atom stereocenters. The van der Waals surface area contributed by atoms with Crippen LogP contribution in [0.4, 0.5) is 0 Å². The molecule has 20 heavy (non-hydrogen) atoms. The molecular weight excluding hydrogens is 300 g/mol. The van der Waals surface area contributed by atoms with Crippen LogP contribution in [0.2, 0.25) is 0 Å². The third kappa shape index (κ3) is 2.20. The van der Waals surface area contributed by atoms with Gasteiger partial charge in [-0.2, -0.15) is 4.31 Å². The van der Waals surface area contributed by atoms with E-state index in [1.807, 2.05) is 6.26 Å². The van der Waals surface area contributed by atoms with Crippen LogP contribution in [0.1, 0.15) is 0 Å². The Morgan fingerprint density at radius 3 is 2.75 bits per heavy atom. The van der Waals surface area contributed by atoms with Crippen LogP contribution in [0.3, 0.4) is 0 Å². The summed E-state index contributed by atoms with van der Waals surface area (Å²) >= 11 is 1.42. The Balaban J connectivity index is 2.11. The number of morpholine rings is 1. The first-order valence-corrected chi connectivity index (χ1v) is 8.76. The second kappa shape index (κ2) is 5.32. The first-order valence-electron chi connectivity index (χ1n) is 6.10. The Bertz CT molecular complexity index is 722. The monoisotopic (exact) mass is 314 g/mol. The average Bonchev–Trinajstić information content (AvgIpc) is 2.91. The maximum atomic E-state index is 12.7. The molecule has 0 radical (unpaired) electrons. The highest BCUT2D eigenvalue weighted by atomic mass is 32.2. The van der Waals surface area contributed by atoms with Gasteiger partial charge in [0, 0.05) is 19.3 Å². The predicted molar refractivity (Wildman–Crippen MR) is 74.3 cm³/mol. The van der Waals surface area contributed by atoms with Gasteiger partial charge in [-0.05, 0) is 18.4 Å². The van der Waals surface area contributed by atoms with Gasteiger partial charge in [-0.15, -0.1) is 10.2 Å². The molecule has 9 heteroatoms. The Kier molecular flexibility index (Phi) is 3.67. The molecule has 0 N–H and O–H groups in total. The number of thioether (sulfide) groups is 1. The molecule has 0 aliphatic carbocycles. The Hall–Kier alpha value is -1.16. The summed E-state index contributed by atoms with van der Waals surface area (Å²) < 4.78 is 33.7. The fourth-order valence-corrected chi connectivity index (χ4v) is 4.13. The van der Waals surface area contributed by atoms with Crippen LogP contribution < -0.4 is 0 Å². The molecule has 1 aliphatic heterocycles. The van der Waals surface area contributed by atoms with Crippen molar-refractivity contribution in [1.29, 1.82) is 0 Å². The van der Waals surface area contributed by atoms with Crippen LogP contribution in [-0.2, 0) is 14.8 Å². The van der Waals surface area contributed by atoms with Gasteiger partial charge >= 0.3 is 0 Å². The van der Waals surface area contributed by atoms with E-state index in [2.05, 4.69) is 10.2 Å². The number of aromatic nitrogens is 3. The summed E-state index contributed by atoms with van der Waals surface area (Å²) in [6, 6.07) is 3.27. The van der Waals surface area contributed by atoms with Gasteiger partial charge in [-0.3, -0.25) is 4.40 Å². The number of ether oxygens (including phenoxy) is 1. The van der Waals surface area contributed by atoms with Crippen molar-refractivity contribution >= 4 is 27.4 Å². The molecule has 1 saturated heterocycles. The molecule has 0 atom stereocenters. The van der Waals surface area contributed by atoms with Crippen molar-refractivity contribution in [3.05, 3.63) is 18.3 Å². The minimum absolute atomic E-state index is 0.190. The number of fused-ring (bicyclic) bond motifs is 1. The predicted octanol–water partition coefficient (Wildman–Crippen LogP) is 0.472. The van der Waals surface area contributed by atoms with Crippen molar-refractivity contribution in [2.45, 2.75) is 10.1 Å². The van der Waals surface area contributed by atoms with E-state index >= 15 is 0 Å². The molecule has 0 saturated carbocycles. The molecule has 1 aliphatic rings. The van der Waals surface area contributed by atoms with Gasteiger partial charge in [0.15, 0.2) is 10.8 Å². The van der Waals surface area contributed by atoms with Gasteiger partial charge in [-0.25, -0.2) is 8.42 Å². The zero-order valence-electron chi connectivity index (χ0n) is 10.9. The molecule has 2 aromatic heterocycles. The van der Waals surface area contributed by atoms with Gasteiger partial charge < -0.3 is 4.74 Å². The largest absolute Gasteiger partial charge is 0.379 e. The van der Waals surface area contributed by atoms with E-state index < -0.39 is 10.0 Å². The fourth-order valence-electron chi connectivity index (χ4n) is 2.14. The van der Waals surface area contributed by atoms with Crippen molar-refractivity contribution in [3.63, 3.8) is 0 Å². The van der Waals surface area contributed by atoms with E-state index in [0.29, 0.717) is 37.1 Å². The zero-order valence-corrected chi connectivity index (χ0v) is 12.5. The van der Waals surface area contributed by atoms with Gasteiger partial charge in [0.1, 0.15) is 4.90 Å². The van der Waals surface area contributed by atoms with Gasteiger partial charge in [0.05, 0.1) is 13.2 Å². The van der Waals surface area contributed by atoms with Crippen LogP contribution in [0.5, 0.6) is 0 Å². The molecule has 1 fully saturated rings. The van der Waals surface area contributed by atoms with Crippen molar-refractivity contribution in [2.75, 3.05) is 32.6 Å². The number of nitrogens with zero attached hydrogens (tertiary/aromatic N) is 4. The molecular formula is C11H14N4O3S2. The molecule has 2 aromatic rings. The number of hydrogen-bond donors (Lipinski definition) is 0. The Morgan fingerprint density at radius 2 is 2.05 bits per heavy atom.